The van der Waals surface area contributed by atoms with Gasteiger partial charge in [0.25, 0.3) is 0 Å². The van der Waals surface area contributed by atoms with Gasteiger partial charge in [0.1, 0.15) is 0 Å². The van der Waals surface area contributed by atoms with Gasteiger partial charge in [-0.05, 0) is 57.3 Å². The summed E-state index contributed by atoms with van der Waals surface area (Å²) in [6, 6.07) is 58.0. The summed E-state index contributed by atoms with van der Waals surface area (Å²) in [6.45, 7) is 0. The Labute approximate surface area is 297 Å². The predicted molar refractivity (Wildman–Crippen MR) is 216 cm³/mol. The lowest BCUT2D eigenvalue weighted by molar-refractivity contribution is 1.23. The second-order valence-electron chi connectivity index (χ2n) is 13.1. The molecule has 11 aromatic rings. The average molecular weight is 666 g/mol. The van der Waals surface area contributed by atoms with Gasteiger partial charge in [-0.2, -0.15) is 0 Å². The van der Waals surface area contributed by atoms with Gasteiger partial charge in [0.2, 0.25) is 0 Å². The first kappa shape index (κ1) is 28.4. The van der Waals surface area contributed by atoms with Crippen LogP contribution in [0.3, 0.4) is 0 Å². The minimum absolute atomic E-state index is 0.698. The summed E-state index contributed by atoms with van der Waals surface area (Å²) in [4.78, 5) is 15.7. The van der Waals surface area contributed by atoms with Crippen molar-refractivity contribution in [3.63, 3.8) is 0 Å². The molecule has 3 aromatic heterocycles. The summed E-state index contributed by atoms with van der Waals surface area (Å²) in [5, 5.41) is 11.2. The van der Waals surface area contributed by atoms with E-state index in [9.17, 15) is 0 Å². The molecule has 0 atom stereocenters. The lowest BCUT2D eigenvalue weighted by Crippen LogP contribution is -1.96. The van der Waals surface area contributed by atoms with Gasteiger partial charge in [0.15, 0.2) is 5.82 Å². The Balaban J connectivity index is 1.07. The van der Waals surface area contributed by atoms with Crippen LogP contribution in [0.15, 0.2) is 164 Å². The highest BCUT2D eigenvalue weighted by molar-refractivity contribution is 7.26. The molecular weight excluding hydrogens is 639 g/mol. The zero-order chi connectivity index (χ0) is 33.5. The Morgan fingerprint density at radius 1 is 0.392 bits per heavy atom. The Bertz CT molecular complexity index is 3140. The maximum atomic E-state index is 5.30. The van der Waals surface area contributed by atoms with E-state index in [1.54, 1.807) is 0 Å². The quantitative estimate of drug-likeness (QED) is 0.176. The lowest BCUT2D eigenvalue weighted by Gasteiger charge is -2.13. The van der Waals surface area contributed by atoms with Crippen LogP contribution in [0.5, 0.6) is 0 Å². The molecule has 0 amide bonds. The molecule has 11 rings (SSSR count). The number of benzene rings is 8. The Hall–Kier alpha value is -6.49. The average Bonchev–Trinajstić information content (AvgIpc) is 3.61. The fraction of sp³-hybridized carbons (Fsp3) is 0. The summed E-state index contributed by atoms with van der Waals surface area (Å²) in [6.07, 6.45) is 0. The highest BCUT2D eigenvalue weighted by atomic mass is 32.1. The van der Waals surface area contributed by atoms with Gasteiger partial charge in [0, 0.05) is 53.2 Å². The minimum Gasteiger partial charge on any atom is -0.248 e. The van der Waals surface area contributed by atoms with E-state index < -0.39 is 0 Å². The molecule has 0 radical (unpaired) electrons. The second kappa shape index (κ2) is 11.0. The smallest absolute Gasteiger partial charge is 0.160 e. The molecule has 8 aromatic carbocycles. The first-order chi connectivity index (χ1) is 25.3. The largest absolute Gasteiger partial charge is 0.248 e. The highest BCUT2D eigenvalue weighted by Crippen LogP contribution is 2.48. The van der Waals surface area contributed by atoms with E-state index in [0.717, 1.165) is 61.0 Å². The monoisotopic (exact) mass is 665 g/mol. The summed E-state index contributed by atoms with van der Waals surface area (Å²) >= 11 is 1.87. The molecule has 4 heteroatoms. The van der Waals surface area contributed by atoms with E-state index in [-0.39, 0.29) is 0 Å². The van der Waals surface area contributed by atoms with Crippen molar-refractivity contribution in [1.29, 1.82) is 0 Å². The van der Waals surface area contributed by atoms with Crippen LogP contribution in [-0.4, -0.2) is 15.0 Å². The van der Waals surface area contributed by atoms with E-state index in [2.05, 4.69) is 158 Å². The van der Waals surface area contributed by atoms with Crippen LogP contribution < -0.4 is 0 Å². The number of aromatic nitrogens is 3. The number of pyridine rings is 1. The van der Waals surface area contributed by atoms with Gasteiger partial charge >= 0.3 is 0 Å². The number of hydrogen-bond acceptors (Lipinski definition) is 4. The van der Waals surface area contributed by atoms with Crippen LogP contribution in [0.25, 0.3) is 109 Å². The van der Waals surface area contributed by atoms with Crippen LogP contribution in [0.2, 0.25) is 0 Å². The topological polar surface area (TPSA) is 38.7 Å². The molecule has 0 aliphatic rings. The SMILES string of the molecule is c1ccc(-c2nc(-c3cccc(-c4cccc(-c5ccc6c7ccccc7c7cccc8sc5c6c87)n4)c3)nc3c2ccc2ccccc23)cc1. The van der Waals surface area contributed by atoms with Crippen LogP contribution >= 0.6 is 11.3 Å². The van der Waals surface area contributed by atoms with Gasteiger partial charge in [-0.3, -0.25) is 0 Å². The Morgan fingerprint density at radius 3 is 1.94 bits per heavy atom. The number of hydrogen-bond donors (Lipinski definition) is 0. The summed E-state index contributed by atoms with van der Waals surface area (Å²) in [5.74, 6) is 0.698. The molecule has 0 saturated carbocycles. The van der Waals surface area contributed by atoms with Crippen molar-refractivity contribution in [3.8, 4) is 45.2 Å². The Morgan fingerprint density at radius 2 is 1.06 bits per heavy atom. The molecule has 0 fully saturated rings. The number of fused-ring (bicyclic) bond motifs is 6. The minimum atomic E-state index is 0.698. The maximum Gasteiger partial charge on any atom is 0.160 e. The highest BCUT2D eigenvalue weighted by Gasteiger charge is 2.19. The number of nitrogens with zero attached hydrogens (tertiary/aromatic N) is 3. The summed E-state index contributed by atoms with van der Waals surface area (Å²) in [7, 11) is 0. The molecule has 3 nitrogen and oxygen atoms in total. The maximum absolute atomic E-state index is 5.30. The molecule has 0 spiro atoms. The third kappa shape index (κ3) is 4.33. The molecular formula is C47H27N3S. The molecule has 3 heterocycles. The van der Waals surface area contributed by atoms with E-state index >= 15 is 0 Å². The third-order valence-corrected chi connectivity index (χ3v) is 11.4. The molecule has 0 bridgehead atoms. The van der Waals surface area contributed by atoms with E-state index in [0.29, 0.717) is 5.82 Å². The number of rotatable bonds is 4. The number of thiophene rings is 1. The van der Waals surface area contributed by atoms with Crippen molar-refractivity contribution in [2.24, 2.45) is 0 Å². The second-order valence-corrected chi connectivity index (χ2v) is 14.2. The first-order valence-electron chi connectivity index (χ1n) is 17.2. The van der Waals surface area contributed by atoms with E-state index in [1.807, 2.05) is 17.4 Å². The van der Waals surface area contributed by atoms with E-state index in [4.69, 9.17) is 15.0 Å². The van der Waals surface area contributed by atoms with Gasteiger partial charge in [-0.15, -0.1) is 11.3 Å². The van der Waals surface area contributed by atoms with Gasteiger partial charge in [-0.1, -0.05) is 133 Å². The van der Waals surface area contributed by atoms with Crippen molar-refractivity contribution in [2.45, 2.75) is 0 Å². The predicted octanol–water partition coefficient (Wildman–Crippen LogP) is 13.0. The third-order valence-electron chi connectivity index (χ3n) is 10.2. The lowest BCUT2D eigenvalue weighted by atomic mass is 9.93. The molecule has 0 aliphatic heterocycles. The fourth-order valence-corrected chi connectivity index (χ4v) is 9.17. The molecule has 0 saturated heterocycles. The molecule has 0 unspecified atom stereocenters. The van der Waals surface area contributed by atoms with Gasteiger partial charge in [0.05, 0.1) is 22.6 Å². The van der Waals surface area contributed by atoms with Crippen LogP contribution in [0.4, 0.5) is 0 Å². The summed E-state index contributed by atoms with van der Waals surface area (Å²) in [5.41, 5.74) is 7.99. The van der Waals surface area contributed by atoms with Crippen LogP contribution in [0, 0.1) is 0 Å². The summed E-state index contributed by atoms with van der Waals surface area (Å²) < 4.78 is 2.60. The molecule has 0 aliphatic carbocycles. The van der Waals surface area contributed by atoms with Gasteiger partial charge < -0.3 is 0 Å². The fourth-order valence-electron chi connectivity index (χ4n) is 7.90. The molecule has 236 valence electrons. The molecule has 0 N–H and O–H groups in total. The van der Waals surface area contributed by atoms with Crippen molar-refractivity contribution in [3.05, 3.63) is 164 Å². The van der Waals surface area contributed by atoms with Crippen molar-refractivity contribution in [2.75, 3.05) is 0 Å². The first-order valence-corrected chi connectivity index (χ1v) is 18.0. The van der Waals surface area contributed by atoms with Crippen LogP contribution in [-0.2, 0) is 0 Å². The zero-order valence-corrected chi connectivity index (χ0v) is 28.2. The van der Waals surface area contributed by atoms with Gasteiger partial charge in [-0.25, -0.2) is 15.0 Å². The van der Waals surface area contributed by atoms with Crippen molar-refractivity contribution >= 4 is 74.7 Å². The van der Waals surface area contributed by atoms with Crippen molar-refractivity contribution < 1.29 is 0 Å². The van der Waals surface area contributed by atoms with E-state index in [1.165, 1.54) is 41.7 Å². The standard InChI is InChI=1S/C47H27N3S/c1-2-12-29(13-3-1)44-38-24-23-28-11-4-5-16-32(28)45(38)50-47(49-44)31-15-8-14-30(27-31)39-20-10-21-40(48-39)37-26-25-36-34-18-7-6-17-33(34)35-19-9-22-41-42(35)43(36)46(37)51-41/h1-27H. The molecule has 51 heavy (non-hydrogen) atoms. The normalized spacial score (nSPS) is 11.9. The zero-order valence-electron chi connectivity index (χ0n) is 27.3. The Kier molecular flexibility index (Phi) is 6.12. The van der Waals surface area contributed by atoms with Crippen LogP contribution in [0.1, 0.15) is 0 Å². The van der Waals surface area contributed by atoms with Crippen molar-refractivity contribution in [1.82, 2.24) is 15.0 Å².